The standard InChI is InChI=1S/C12H22N4O/c1-5-8(10-14-6-7-15-10)16-11(17)9(13)12(2,3)4/h6-9H,5,13H2,1-4H3,(H,14,15)(H,16,17). The molecule has 0 fully saturated rings. The number of hydrogen-bond acceptors (Lipinski definition) is 3. The minimum atomic E-state index is -0.522. The van der Waals surface area contributed by atoms with E-state index in [4.69, 9.17) is 5.73 Å². The SMILES string of the molecule is CCC(NC(=O)C(N)C(C)(C)C)c1ncc[nH]1. The predicted molar refractivity (Wildman–Crippen MR) is 67.2 cm³/mol. The summed E-state index contributed by atoms with van der Waals surface area (Å²) in [6.07, 6.45) is 4.19. The van der Waals surface area contributed by atoms with Gasteiger partial charge in [-0.05, 0) is 11.8 Å². The largest absolute Gasteiger partial charge is 0.347 e. The van der Waals surface area contributed by atoms with Gasteiger partial charge in [0.2, 0.25) is 5.91 Å². The molecule has 0 radical (unpaired) electrons. The van der Waals surface area contributed by atoms with Crippen LogP contribution in [0.5, 0.6) is 0 Å². The van der Waals surface area contributed by atoms with Gasteiger partial charge in [-0.2, -0.15) is 0 Å². The van der Waals surface area contributed by atoms with E-state index in [1.165, 1.54) is 0 Å². The lowest BCUT2D eigenvalue weighted by Crippen LogP contribution is -2.49. The Labute approximate surface area is 102 Å². The molecule has 0 spiro atoms. The van der Waals surface area contributed by atoms with Gasteiger partial charge in [-0.25, -0.2) is 4.98 Å². The van der Waals surface area contributed by atoms with Crippen molar-refractivity contribution in [3.63, 3.8) is 0 Å². The van der Waals surface area contributed by atoms with Gasteiger partial charge >= 0.3 is 0 Å². The van der Waals surface area contributed by atoms with E-state index in [2.05, 4.69) is 15.3 Å². The number of nitrogens with one attached hydrogen (secondary N) is 2. The molecule has 0 aliphatic carbocycles. The van der Waals surface area contributed by atoms with Crippen LogP contribution < -0.4 is 11.1 Å². The molecular formula is C12H22N4O. The van der Waals surface area contributed by atoms with Crippen LogP contribution in [-0.2, 0) is 4.79 Å². The van der Waals surface area contributed by atoms with Crippen molar-refractivity contribution >= 4 is 5.91 Å². The minimum absolute atomic E-state index is 0.106. The van der Waals surface area contributed by atoms with Gasteiger partial charge in [0, 0.05) is 12.4 Å². The molecule has 0 bridgehead atoms. The molecule has 96 valence electrons. The summed E-state index contributed by atoms with van der Waals surface area (Å²) in [7, 11) is 0. The second kappa shape index (κ2) is 5.31. The quantitative estimate of drug-likeness (QED) is 0.740. The smallest absolute Gasteiger partial charge is 0.238 e. The highest BCUT2D eigenvalue weighted by Gasteiger charge is 2.29. The van der Waals surface area contributed by atoms with Gasteiger partial charge in [0.05, 0.1) is 12.1 Å². The maximum absolute atomic E-state index is 12.0. The number of carbonyl (C=O) groups excluding carboxylic acids is 1. The Bertz CT molecular complexity index is 353. The summed E-state index contributed by atoms with van der Waals surface area (Å²) in [6, 6.07) is -0.627. The van der Waals surface area contributed by atoms with E-state index in [9.17, 15) is 4.79 Å². The van der Waals surface area contributed by atoms with Crippen molar-refractivity contribution in [3.05, 3.63) is 18.2 Å². The van der Waals surface area contributed by atoms with E-state index in [1.807, 2.05) is 27.7 Å². The van der Waals surface area contributed by atoms with Crippen LogP contribution in [0.1, 0.15) is 46.0 Å². The number of aromatic amines is 1. The fourth-order valence-corrected chi connectivity index (χ4v) is 1.49. The lowest BCUT2D eigenvalue weighted by atomic mass is 9.87. The Morgan fingerprint density at radius 2 is 2.24 bits per heavy atom. The number of rotatable bonds is 4. The van der Waals surface area contributed by atoms with Crippen molar-refractivity contribution in [2.75, 3.05) is 0 Å². The summed E-state index contributed by atoms with van der Waals surface area (Å²) in [5.74, 6) is 0.628. The van der Waals surface area contributed by atoms with Gasteiger partial charge in [-0.15, -0.1) is 0 Å². The molecule has 1 amide bonds. The van der Waals surface area contributed by atoms with Crippen molar-refractivity contribution < 1.29 is 4.79 Å². The number of imidazole rings is 1. The normalized spacial score (nSPS) is 15.4. The number of hydrogen-bond donors (Lipinski definition) is 3. The van der Waals surface area contributed by atoms with Crippen LogP contribution in [-0.4, -0.2) is 21.9 Å². The Hall–Kier alpha value is -1.36. The van der Waals surface area contributed by atoms with Crippen LogP contribution >= 0.6 is 0 Å². The van der Waals surface area contributed by atoms with Crippen LogP contribution in [0, 0.1) is 5.41 Å². The summed E-state index contributed by atoms with van der Waals surface area (Å²) in [5.41, 5.74) is 5.66. The highest BCUT2D eigenvalue weighted by molar-refractivity contribution is 5.82. The molecule has 0 saturated heterocycles. The maximum atomic E-state index is 12.0. The Kier molecular flexibility index (Phi) is 4.28. The number of amides is 1. The minimum Gasteiger partial charge on any atom is -0.347 e. The molecule has 2 unspecified atom stereocenters. The maximum Gasteiger partial charge on any atom is 0.238 e. The molecule has 5 heteroatoms. The number of carbonyl (C=O) groups is 1. The van der Waals surface area contributed by atoms with Gasteiger partial charge in [-0.1, -0.05) is 27.7 Å². The summed E-state index contributed by atoms with van der Waals surface area (Å²) in [6.45, 7) is 7.84. The highest BCUT2D eigenvalue weighted by Crippen LogP contribution is 2.19. The third-order valence-corrected chi connectivity index (χ3v) is 2.79. The zero-order valence-corrected chi connectivity index (χ0v) is 10.9. The third kappa shape index (κ3) is 3.56. The van der Waals surface area contributed by atoms with Crippen molar-refractivity contribution in [3.8, 4) is 0 Å². The first-order chi connectivity index (χ1) is 7.86. The topological polar surface area (TPSA) is 83.8 Å². The van der Waals surface area contributed by atoms with Crippen LogP contribution in [0.25, 0.3) is 0 Å². The molecule has 17 heavy (non-hydrogen) atoms. The Balaban J connectivity index is 2.67. The van der Waals surface area contributed by atoms with E-state index in [-0.39, 0.29) is 17.4 Å². The number of nitrogens with two attached hydrogens (primary N) is 1. The van der Waals surface area contributed by atoms with Crippen molar-refractivity contribution in [2.24, 2.45) is 11.1 Å². The monoisotopic (exact) mass is 238 g/mol. The Morgan fingerprint density at radius 3 is 2.65 bits per heavy atom. The van der Waals surface area contributed by atoms with Gasteiger partial charge in [-0.3, -0.25) is 4.79 Å². The first-order valence-electron chi connectivity index (χ1n) is 5.91. The van der Waals surface area contributed by atoms with E-state index >= 15 is 0 Å². The molecule has 0 aliphatic heterocycles. The van der Waals surface area contributed by atoms with E-state index in [0.29, 0.717) is 0 Å². The molecular weight excluding hydrogens is 216 g/mol. The van der Waals surface area contributed by atoms with Crippen molar-refractivity contribution in [1.29, 1.82) is 0 Å². The van der Waals surface area contributed by atoms with Crippen LogP contribution in [0.4, 0.5) is 0 Å². The molecule has 1 aromatic heterocycles. The van der Waals surface area contributed by atoms with E-state index in [1.54, 1.807) is 12.4 Å². The molecule has 0 saturated carbocycles. The molecule has 1 heterocycles. The van der Waals surface area contributed by atoms with Gasteiger partial charge in [0.15, 0.2) is 0 Å². The van der Waals surface area contributed by atoms with Crippen LogP contribution in [0.15, 0.2) is 12.4 Å². The first-order valence-corrected chi connectivity index (χ1v) is 5.91. The zero-order chi connectivity index (χ0) is 13.1. The second-order valence-electron chi connectivity index (χ2n) is 5.29. The zero-order valence-electron chi connectivity index (χ0n) is 10.9. The number of aromatic nitrogens is 2. The molecule has 4 N–H and O–H groups in total. The Morgan fingerprint density at radius 1 is 1.59 bits per heavy atom. The average Bonchev–Trinajstić information content (AvgIpc) is 2.76. The molecule has 0 aromatic carbocycles. The predicted octanol–water partition coefficient (Wildman–Crippen LogP) is 1.35. The molecule has 1 rings (SSSR count). The lowest BCUT2D eigenvalue weighted by molar-refractivity contribution is -0.125. The molecule has 2 atom stereocenters. The highest BCUT2D eigenvalue weighted by atomic mass is 16.2. The van der Waals surface area contributed by atoms with Gasteiger partial charge in [0.1, 0.15) is 5.82 Å². The number of nitrogens with zero attached hydrogens (tertiary/aromatic N) is 1. The van der Waals surface area contributed by atoms with Gasteiger partial charge in [0.25, 0.3) is 0 Å². The summed E-state index contributed by atoms with van der Waals surface area (Å²) in [5, 5.41) is 2.92. The first kappa shape index (κ1) is 13.7. The second-order valence-corrected chi connectivity index (χ2v) is 5.29. The van der Waals surface area contributed by atoms with E-state index in [0.717, 1.165) is 12.2 Å². The fraction of sp³-hybridized carbons (Fsp3) is 0.667. The van der Waals surface area contributed by atoms with Crippen molar-refractivity contribution in [2.45, 2.75) is 46.2 Å². The van der Waals surface area contributed by atoms with Gasteiger partial charge < -0.3 is 16.0 Å². The molecule has 5 nitrogen and oxygen atoms in total. The summed E-state index contributed by atoms with van der Waals surface area (Å²) < 4.78 is 0. The van der Waals surface area contributed by atoms with E-state index < -0.39 is 6.04 Å². The number of H-pyrrole nitrogens is 1. The third-order valence-electron chi connectivity index (χ3n) is 2.79. The fourth-order valence-electron chi connectivity index (χ4n) is 1.49. The molecule has 1 aromatic rings. The lowest BCUT2D eigenvalue weighted by Gasteiger charge is -2.27. The van der Waals surface area contributed by atoms with Crippen LogP contribution in [0.2, 0.25) is 0 Å². The van der Waals surface area contributed by atoms with Crippen molar-refractivity contribution in [1.82, 2.24) is 15.3 Å². The summed E-state index contributed by atoms with van der Waals surface area (Å²) in [4.78, 5) is 19.1. The summed E-state index contributed by atoms with van der Waals surface area (Å²) >= 11 is 0. The molecule has 0 aliphatic rings. The van der Waals surface area contributed by atoms with Crippen LogP contribution in [0.3, 0.4) is 0 Å². The average molecular weight is 238 g/mol.